The molecule has 0 saturated carbocycles. The van der Waals surface area contributed by atoms with Crippen molar-refractivity contribution in [2.75, 3.05) is 14.7 Å². The van der Waals surface area contributed by atoms with Gasteiger partial charge in [0.1, 0.15) is 0 Å². The third-order valence-corrected chi connectivity index (χ3v) is 18.3. The summed E-state index contributed by atoms with van der Waals surface area (Å²) in [6.07, 6.45) is 2.26. The summed E-state index contributed by atoms with van der Waals surface area (Å²) in [5.74, 6) is 0. The van der Waals surface area contributed by atoms with Crippen molar-refractivity contribution in [2.45, 2.75) is 144 Å². The SMILES string of the molecule is Cc1ccccc1N(c1cc2c3c(c1)N(c1ccc(C(C)(C)C)cc1-c1ccccc1-c1ccccc1)c1cc4c(cc1B3c1cc(C(C)(C)C)ccc1N2c1ccc(C(C)(C)C)cc1)C(C)(C)CCC4(C)C)c1ccccc1C. The summed E-state index contributed by atoms with van der Waals surface area (Å²) in [5, 5.41) is 0. The number of fused-ring (bicyclic) bond motifs is 5. The molecule has 0 unspecified atom stereocenters. The highest BCUT2D eigenvalue weighted by atomic mass is 15.2. The van der Waals surface area contributed by atoms with Gasteiger partial charge < -0.3 is 14.7 Å². The first-order valence-corrected chi connectivity index (χ1v) is 29.3. The summed E-state index contributed by atoms with van der Waals surface area (Å²) in [5.41, 5.74) is 28.6. The zero-order valence-corrected chi connectivity index (χ0v) is 50.2. The Balaban J connectivity index is 1.28. The third kappa shape index (κ3) is 8.99. The average molecular weight is 1050 g/mol. The fraction of sp³-hybridized carbons (Fsp3) is 0.289. The van der Waals surface area contributed by atoms with Gasteiger partial charge in [-0.05, 0) is 186 Å². The number of anilines is 9. The van der Waals surface area contributed by atoms with Crippen molar-refractivity contribution in [3.05, 3.63) is 227 Å². The minimum absolute atomic E-state index is 0.00320. The van der Waals surface area contributed by atoms with Gasteiger partial charge in [0.05, 0.1) is 11.4 Å². The van der Waals surface area contributed by atoms with Crippen molar-refractivity contribution in [1.29, 1.82) is 0 Å². The summed E-state index contributed by atoms with van der Waals surface area (Å²) in [7, 11) is 0. The van der Waals surface area contributed by atoms with Crippen LogP contribution in [-0.2, 0) is 27.1 Å². The van der Waals surface area contributed by atoms with Crippen LogP contribution in [0.2, 0.25) is 0 Å². The van der Waals surface area contributed by atoms with Crippen LogP contribution >= 0.6 is 0 Å². The first-order valence-electron chi connectivity index (χ1n) is 29.3. The maximum Gasteiger partial charge on any atom is 0.252 e. The van der Waals surface area contributed by atoms with Crippen molar-refractivity contribution in [3.63, 3.8) is 0 Å². The molecule has 0 bridgehead atoms. The number of hydrogen-bond acceptors (Lipinski definition) is 3. The number of hydrogen-bond donors (Lipinski definition) is 0. The normalized spacial score (nSPS) is 15.2. The first-order chi connectivity index (χ1) is 37.9. The molecule has 12 rings (SSSR count). The molecular weight excluding hydrogens is 966 g/mol. The fourth-order valence-electron chi connectivity index (χ4n) is 13.3. The Morgan fingerprint density at radius 1 is 0.400 bits per heavy atom. The minimum atomic E-state index is -0.104. The van der Waals surface area contributed by atoms with Gasteiger partial charge in [-0.3, -0.25) is 0 Å². The molecule has 9 aromatic carbocycles. The van der Waals surface area contributed by atoms with E-state index < -0.39 is 0 Å². The van der Waals surface area contributed by atoms with E-state index in [1.807, 2.05) is 0 Å². The van der Waals surface area contributed by atoms with E-state index >= 15 is 0 Å². The van der Waals surface area contributed by atoms with Gasteiger partial charge in [0.2, 0.25) is 0 Å². The molecule has 2 heterocycles. The molecule has 0 radical (unpaired) electrons. The van der Waals surface area contributed by atoms with Crippen molar-refractivity contribution in [2.24, 2.45) is 0 Å². The van der Waals surface area contributed by atoms with E-state index in [4.69, 9.17) is 0 Å². The Bertz CT molecular complexity index is 3830. The Hall–Kier alpha value is -7.56. The first kappa shape index (κ1) is 53.1. The molecule has 0 spiro atoms. The van der Waals surface area contributed by atoms with Crippen LogP contribution in [0.4, 0.5) is 51.2 Å². The van der Waals surface area contributed by atoms with Crippen LogP contribution in [0.1, 0.15) is 142 Å². The fourth-order valence-corrected chi connectivity index (χ4v) is 13.3. The highest BCUT2D eigenvalue weighted by molar-refractivity contribution is 7.00. The zero-order valence-electron chi connectivity index (χ0n) is 50.2. The Morgan fingerprint density at radius 3 is 1.45 bits per heavy atom. The quantitative estimate of drug-likeness (QED) is 0.147. The molecule has 0 fully saturated rings. The lowest BCUT2D eigenvalue weighted by molar-refractivity contribution is 0.332. The topological polar surface area (TPSA) is 9.72 Å². The van der Waals surface area contributed by atoms with E-state index in [-0.39, 0.29) is 33.8 Å². The van der Waals surface area contributed by atoms with Gasteiger partial charge in [-0.2, -0.15) is 0 Å². The van der Waals surface area contributed by atoms with Gasteiger partial charge in [0.25, 0.3) is 6.71 Å². The lowest BCUT2D eigenvalue weighted by Crippen LogP contribution is -2.62. The van der Waals surface area contributed by atoms with E-state index in [1.165, 1.54) is 106 Å². The maximum absolute atomic E-state index is 2.73. The van der Waals surface area contributed by atoms with Gasteiger partial charge in [-0.15, -0.1) is 0 Å². The number of nitrogens with zero attached hydrogens (tertiary/aromatic N) is 3. The van der Waals surface area contributed by atoms with Crippen LogP contribution in [0, 0.1) is 13.8 Å². The van der Waals surface area contributed by atoms with Crippen LogP contribution < -0.4 is 31.1 Å². The molecule has 3 nitrogen and oxygen atoms in total. The Labute approximate surface area is 479 Å². The second-order valence-corrected chi connectivity index (χ2v) is 27.8. The summed E-state index contributed by atoms with van der Waals surface area (Å²) in [4.78, 5) is 7.88. The second-order valence-electron chi connectivity index (χ2n) is 27.8. The Morgan fingerprint density at radius 2 is 0.875 bits per heavy atom. The van der Waals surface area contributed by atoms with Crippen molar-refractivity contribution in [3.8, 4) is 22.3 Å². The monoisotopic (exact) mass is 1050 g/mol. The number of rotatable bonds is 7. The van der Waals surface area contributed by atoms with Crippen molar-refractivity contribution < 1.29 is 0 Å². The molecule has 2 aliphatic heterocycles. The molecule has 4 heteroatoms. The number of benzene rings is 9. The number of para-hydroxylation sites is 2. The van der Waals surface area contributed by atoms with Crippen LogP contribution in [0.25, 0.3) is 22.3 Å². The molecule has 3 aliphatic rings. The van der Waals surface area contributed by atoms with E-state index in [0.717, 1.165) is 35.6 Å². The van der Waals surface area contributed by atoms with Crippen LogP contribution in [0.15, 0.2) is 188 Å². The predicted octanol–water partition coefficient (Wildman–Crippen LogP) is 19.4. The second kappa shape index (κ2) is 19.0. The molecule has 402 valence electrons. The molecule has 0 saturated heterocycles. The molecule has 0 N–H and O–H groups in total. The largest absolute Gasteiger partial charge is 0.311 e. The lowest BCUT2D eigenvalue weighted by Gasteiger charge is -2.48. The standard InChI is InChI=1S/C76H80BN3/c1-49-25-19-23-31-64(49)79(65-32-24-20-26-50(65)2)56-45-69-71-70(46-56)80(66-39-35-53(73(6,7)8)43-59(66)58-30-22-21-29-57(58)51-27-17-16-18-28-51)68-48-61-60(75(12,13)41-42-76(61,14)15)47-63(68)77(71)62-44-54(74(9,10)11)36-40-67(62)78(69)55-37-33-52(34-38-55)72(3,4)5/h16-40,43-48H,41-42H2,1-15H3. The Kier molecular flexibility index (Phi) is 12.6. The van der Waals surface area contributed by atoms with Gasteiger partial charge >= 0.3 is 0 Å². The summed E-state index contributed by atoms with van der Waals surface area (Å²) in [6.45, 7) is 35.5. The summed E-state index contributed by atoms with van der Waals surface area (Å²) >= 11 is 0. The van der Waals surface area contributed by atoms with Gasteiger partial charge in [-0.25, -0.2) is 0 Å². The molecule has 1 aliphatic carbocycles. The molecule has 0 aromatic heterocycles. The predicted molar refractivity (Wildman–Crippen MR) is 347 cm³/mol. The van der Waals surface area contributed by atoms with Crippen LogP contribution in [0.5, 0.6) is 0 Å². The summed E-state index contributed by atoms with van der Waals surface area (Å²) < 4.78 is 0. The molecule has 80 heavy (non-hydrogen) atoms. The van der Waals surface area contributed by atoms with Gasteiger partial charge in [-0.1, -0.05) is 217 Å². The van der Waals surface area contributed by atoms with Crippen LogP contribution in [-0.4, -0.2) is 6.71 Å². The third-order valence-electron chi connectivity index (χ3n) is 18.3. The molecule has 0 amide bonds. The molecular formula is C76H80BN3. The smallest absolute Gasteiger partial charge is 0.252 e. The number of aryl methyl sites for hydroxylation is 2. The van der Waals surface area contributed by atoms with Gasteiger partial charge in [0, 0.05) is 45.4 Å². The van der Waals surface area contributed by atoms with E-state index in [1.54, 1.807) is 0 Å². The highest BCUT2D eigenvalue weighted by Crippen LogP contribution is 2.54. The average Bonchev–Trinajstić information content (AvgIpc) is 1.30. The van der Waals surface area contributed by atoms with Crippen molar-refractivity contribution >= 4 is 74.3 Å². The van der Waals surface area contributed by atoms with E-state index in [0.29, 0.717) is 0 Å². The minimum Gasteiger partial charge on any atom is -0.311 e. The maximum atomic E-state index is 2.73. The summed E-state index contributed by atoms with van der Waals surface area (Å²) in [6, 6.07) is 72.7. The van der Waals surface area contributed by atoms with Crippen LogP contribution in [0.3, 0.4) is 0 Å². The zero-order chi connectivity index (χ0) is 56.4. The van der Waals surface area contributed by atoms with Gasteiger partial charge in [0.15, 0.2) is 0 Å². The molecule has 9 aromatic rings. The van der Waals surface area contributed by atoms with E-state index in [2.05, 4.69) is 307 Å². The molecule has 0 atom stereocenters. The van der Waals surface area contributed by atoms with Crippen molar-refractivity contribution in [1.82, 2.24) is 0 Å². The highest BCUT2D eigenvalue weighted by Gasteiger charge is 2.48. The lowest BCUT2D eigenvalue weighted by atomic mass is 9.33. The van der Waals surface area contributed by atoms with E-state index in [9.17, 15) is 0 Å².